The summed E-state index contributed by atoms with van der Waals surface area (Å²) in [6, 6.07) is 0.454. The molecule has 0 aliphatic carbocycles. The number of H-pyrrole nitrogens is 1. The molecule has 0 saturated carbocycles. The van der Waals surface area contributed by atoms with Gasteiger partial charge in [0.15, 0.2) is 0 Å². The highest BCUT2D eigenvalue weighted by atomic mass is 16.5. The topological polar surface area (TPSA) is 41.2 Å². The van der Waals surface area contributed by atoms with Crippen molar-refractivity contribution in [1.29, 1.82) is 0 Å². The highest BCUT2D eigenvalue weighted by Gasteiger charge is 2.26. The van der Waals surface area contributed by atoms with Crippen molar-refractivity contribution in [1.82, 2.24) is 9.97 Å². The Morgan fingerprint density at radius 1 is 1.64 bits per heavy atom. The predicted molar refractivity (Wildman–Crippen MR) is 55.5 cm³/mol. The first-order chi connectivity index (χ1) is 6.66. The molecule has 78 valence electrons. The highest BCUT2D eigenvalue weighted by Crippen LogP contribution is 2.20. The van der Waals surface area contributed by atoms with E-state index < -0.39 is 0 Å². The molecule has 0 spiro atoms. The molecule has 0 bridgehead atoms. The van der Waals surface area contributed by atoms with Gasteiger partial charge in [0.25, 0.3) is 0 Å². The predicted octanol–water partition coefficient (Wildman–Crippen LogP) is 1.33. The van der Waals surface area contributed by atoms with Crippen LogP contribution in [-0.2, 0) is 4.74 Å². The third kappa shape index (κ3) is 1.75. The van der Waals surface area contributed by atoms with Crippen molar-refractivity contribution in [2.45, 2.75) is 32.4 Å². The minimum Gasteiger partial charge on any atom is -0.376 e. The van der Waals surface area contributed by atoms with Crippen LogP contribution in [0.2, 0.25) is 0 Å². The summed E-state index contributed by atoms with van der Waals surface area (Å²) < 4.78 is 5.53. The molecule has 1 N–H and O–H groups in total. The first-order valence-electron chi connectivity index (χ1n) is 5.03. The standard InChI is InChI=1S/C10H17N3O/c1-7-5-11-10(12-7)13(3)9-4-8(2)14-6-9/h5,8-9H,4,6H2,1-3H3,(H,11,12). The SMILES string of the molecule is Cc1cnc(N(C)C2COC(C)C2)[nH]1. The van der Waals surface area contributed by atoms with Gasteiger partial charge in [-0.3, -0.25) is 0 Å². The lowest BCUT2D eigenvalue weighted by Gasteiger charge is -2.22. The maximum atomic E-state index is 5.53. The summed E-state index contributed by atoms with van der Waals surface area (Å²) in [5.74, 6) is 0.935. The monoisotopic (exact) mass is 195 g/mol. The lowest BCUT2D eigenvalue weighted by atomic mass is 10.2. The molecular weight excluding hydrogens is 178 g/mol. The van der Waals surface area contributed by atoms with Crippen LogP contribution in [0.3, 0.4) is 0 Å². The van der Waals surface area contributed by atoms with Gasteiger partial charge in [-0.15, -0.1) is 0 Å². The van der Waals surface area contributed by atoms with Gasteiger partial charge in [0, 0.05) is 18.9 Å². The second-order valence-electron chi connectivity index (χ2n) is 4.03. The molecule has 1 fully saturated rings. The summed E-state index contributed by atoms with van der Waals surface area (Å²) in [5.41, 5.74) is 1.10. The summed E-state index contributed by atoms with van der Waals surface area (Å²) in [6.45, 7) is 4.93. The first-order valence-corrected chi connectivity index (χ1v) is 5.03. The van der Waals surface area contributed by atoms with Crippen molar-refractivity contribution in [2.24, 2.45) is 0 Å². The van der Waals surface area contributed by atoms with Gasteiger partial charge in [0.1, 0.15) is 0 Å². The number of hydrogen-bond acceptors (Lipinski definition) is 3. The van der Waals surface area contributed by atoms with Crippen molar-refractivity contribution < 1.29 is 4.74 Å². The zero-order valence-electron chi connectivity index (χ0n) is 8.95. The van der Waals surface area contributed by atoms with Gasteiger partial charge in [-0.25, -0.2) is 4.98 Å². The van der Waals surface area contributed by atoms with Crippen LogP contribution in [0, 0.1) is 6.92 Å². The Hall–Kier alpha value is -1.03. The van der Waals surface area contributed by atoms with E-state index in [0.717, 1.165) is 24.7 Å². The molecule has 0 radical (unpaired) electrons. The number of hydrogen-bond donors (Lipinski definition) is 1. The zero-order chi connectivity index (χ0) is 10.1. The minimum atomic E-state index is 0.374. The van der Waals surface area contributed by atoms with Gasteiger partial charge in [-0.2, -0.15) is 0 Å². The molecule has 2 atom stereocenters. The van der Waals surface area contributed by atoms with E-state index in [1.54, 1.807) is 0 Å². The van der Waals surface area contributed by atoms with Crippen LogP contribution in [0.15, 0.2) is 6.20 Å². The number of anilines is 1. The Bertz CT molecular complexity index is 310. The maximum absolute atomic E-state index is 5.53. The van der Waals surface area contributed by atoms with E-state index in [2.05, 4.69) is 28.8 Å². The summed E-state index contributed by atoms with van der Waals surface area (Å²) >= 11 is 0. The van der Waals surface area contributed by atoms with E-state index >= 15 is 0 Å². The zero-order valence-corrected chi connectivity index (χ0v) is 8.95. The normalized spacial score (nSPS) is 26.8. The lowest BCUT2D eigenvalue weighted by molar-refractivity contribution is 0.123. The third-order valence-electron chi connectivity index (χ3n) is 2.75. The summed E-state index contributed by atoms with van der Waals surface area (Å²) in [7, 11) is 2.06. The quantitative estimate of drug-likeness (QED) is 0.774. The maximum Gasteiger partial charge on any atom is 0.203 e. The fourth-order valence-electron chi connectivity index (χ4n) is 1.82. The highest BCUT2D eigenvalue weighted by molar-refractivity contribution is 5.31. The largest absolute Gasteiger partial charge is 0.376 e. The van der Waals surface area contributed by atoms with Gasteiger partial charge >= 0.3 is 0 Å². The van der Waals surface area contributed by atoms with E-state index in [4.69, 9.17) is 4.74 Å². The molecule has 1 aliphatic rings. The molecule has 0 amide bonds. The molecule has 2 heterocycles. The second kappa shape index (κ2) is 3.61. The number of aromatic amines is 1. The molecule has 2 rings (SSSR count). The van der Waals surface area contributed by atoms with Crippen molar-refractivity contribution >= 4 is 5.95 Å². The Balaban J connectivity index is 2.05. The number of likely N-dealkylation sites (N-methyl/N-ethyl adjacent to an activating group) is 1. The Morgan fingerprint density at radius 2 is 2.43 bits per heavy atom. The summed E-state index contributed by atoms with van der Waals surface area (Å²) in [5, 5.41) is 0. The number of aromatic nitrogens is 2. The Kier molecular flexibility index (Phi) is 2.46. The number of nitrogens with zero attached hydrogens (tertiary/aromatic N) is 2. The lowest BCUT2D eigenvalue weighted by Crippen LogP contribution is -2.32. The number of ether oxygens (including phenoxy) is 1. The van der Waals surface area contributed by atoms with Crippen LogP contribution in [0.4, 0.5) is 5.95 Å². The average Bonchev–Trinajstić information content (AvgIpc) is 2.73. The van der Waals surface area contributed by atoms with E-state index in [-0.39, 0.29) is 0 Å². The minimum absolute atomic E-state index is 0.374. The van der Waals surface area contributed by atoms with Gasteiger partial charge in [0.2, 0.25) is 5.95 Å². The number of aryl methyl sites for hydroxylation is 1. The molecular formula is C10H17N3O. The van der Waals surface area contributed by atoms with Crippen molar-refractivity contribution in [2.75, 3.05) is 18.6 Å². The van der Waals surface area contributed by atoms with Crippen LogP contribution < -0.4 is 4.90 Å². The molecule has 1 saturated heterocycles. The van der Waals surface area contributed by atoms with Crippen LogP contribution in [0.1, 0.15) is 19.0 Å². The number of rotatable bonds is 2. The molecule has 1 aliphatic heterocycles. The fraction of sp³-hybridized carbons (Fsp3) is 0.700. The van der Waals surface area contributed by atoms with Gasteiger partial charge in [-0.05, 0) is 20.3 Å². The van der Waals surface area contributed by atoms with E-state index in [1.165, 1.54) is 0 Å². The Labute approximate surface area is 84.3 Å². The molecule has 2 unspecified atom stereocenters. The molecule has 4 heteroatoms. The van der Waals surface area contributed by atoms with Crippen molar-refractivity contribution in [3.05, 3.63) is 11.9 Å². The number of imidazole rings is 1. The van der Waals surface area contributed by atoms with E-state index in [9.17, 15) is 0 Å². The third-order valence-corrected chi connectivity index (χ3v) is 2.75. The summed E-state index contributed by atoms with van der Waals surface area (Å²) in [6.07, 6.45) is 3.31. The molecule has 14 heavy (non-hydrogen) atoms. The molecule has 0 aromatic carbocycles. The summed E-state index contributed by atoms with van der Waals surface area (Å²) in [4.78, 5) is 9.69. The van der Waals surface area contributed by atoms with Crippen molar-refractivity contribution in [3.63, 3.8) is 0 Å². The van der Waals surface area contributed by atoms with Crippen LogP contribution in [-0.4, -0.2) is 35.8 Å². The van der Waals surface area contributed by atoms with Crippen LogP contribution in [0.25, 0.3) is 0 Å². The molecule has 1 aromatic heterocycles. The van der Waals surface area contributed by atoms with Crippen LogP contribution >= 0.6 is 0 Å². The average molecular weight is 195 g/mol. The smallest absolute Gasteiger partial charge is 0.203 e. The second-order valence-corrected chi connectivity index (χ2v) is 4.03. The van der Waals surface area contributed by atoms with E-state index in [1.807, 2.05) is 13.1 Å². The van der Waals surface area contributed by atoms with Gasteiger partial charge < -0.3 is 14.6 Å². The van der Waals surface area contributed by atoms with Crippen LogP contribution in [0.5, 0.6) is 0 Å². The van der Waals surface area contributed by atoms with E-state index in [0.29, 0.717) is 12.1 Å². The Morgan fingerprint density at radius 3 is 2.93 bits per heavy atom. The fourth-order valence-corrected chi connectivity index (χ4v) is 1.82. The molecule has 1 aromatic rings. The van der Waals surface area contributed by atoms with Gasteiger partial charge in [0.05, 0.1) is 18.8 Å². The number of nitrogens with one attached hydrogen (secondary N) is 1. The van der Waals surface area contributed by atoms with Gasteiger partial charge in [-0.1, -0.05) is 0 Å². The first kappa shape index (κ1) is 9.52. The molecule has 4 nitrogen and oxygen atoms in total. The van der Waals surface area contributed by atoms with Crippen molar-refractivity contribution in [3.8, 4) is 0 Å².